The minimum atomic E-state index is 0.761. The van der Waals surface area contributed by atoms with E-state index in [-0.39, 0.29) is 0 Å². The van der Waals surface area contributed by atoms with Gasteiger partial charge in [-0.3, -0.25) is 4.98 Å². The summed E-state index contributed by atoms with van der Waals surface area (Å²) in [5, 5.41) is 1.03. The third kappa shape index (κ3) is 1.99. The number of aromatic nitrogens is 3. The third-order valence-electron chi connectivity index (χ3n) is 2.85. The largest absolute Gasteiger partial charge is 0.313 e. The Bertz CT molecular complexity index is 661. The molecule has 4 heteroatoms. The van der Waals surface area contributed by atoms with Crippen molar-refractivity contribution in [3.63, 3.8) is 0 Å². The molecule has 0 spiro atoms. The van der Waals surface area contributed by atoms with Gasteiger partial charge in [-0.1, -0.05) is 30.0 Å². The number of imidazole rings is 1. The molecule has 0 aliphatic rings. The maximum absolute atomic E-state index is 4.63. The molecule has 0 bridgehead atoms. The molecule has 90 valence electrons. The standard InChI is InChI=1S/C14H13N3S/c1-18-14-16-12-7-2-3-8-13(12)17(14)10-11-6-4-5-9-15-11/h2-9H,10H2,1H3. The molecule has 0 atom stereocenters. The number of rotatable bonds is 3. The van der Waals surface area contributed by atoms with Crippen molar-refractivity contribution in [1.29, 1.82) is 0 Å². The maximum Gasteiger partial charge on any atom is 0.169 e. The smallest absolute Gasteiger partial charge is 0.169 e. The van der Waals surface area contributed by atoms with Gasteiger partial charge < -0.3 is 4.57 Å². The van der Waals surface area contributed by atoms with Crippen LogP contribution in [-0.2, 0) is 6.54 Å². The average molecular weight is 255 g/mol. The normalized spacial score (nSPS) is 10.9. The van der Waals surface area contributed by atoms with Crippen molar-refractivity contribution in [1.82, 2.24) is 14.5 Å². The number of thioether (sulfide) groups is 1. The molecule has 0 saturated carbocycles. The molecule has 0 amide bonds. The monoisotopic (exact) mass is 255 g/mol. The molecule has 18 heavy (non-hydrogen) atoms. The average Bonchev–Trinajstić information content (AvgIpc) is 2.78. The van der Waals surface area contributed by atoms with Crippen LogP contribution in [0.15, 0.2) is 53.8 Å². The summed E-state index contributed by atoms with van der Waals surface area (Å²) in [5.74, 6) is 0. The molecule has 0 aliphatic heterocycles. The summed E-state index contributed by atoms with van der Waals surface area (Å²) in [6.45, 7) is 0.761. The molecular weight excluding hydrogens is 242 g/mol. The molecule has 0 aliphatic carbocycles. The Morgan fingerprint density at radius 3 is 2.72 bits per heavy atom. The van der Waals surface area contributed by atoms with Gasteiger partial charge in [-0.2, -0.15) is 0 Å². The SMILES string of the molecule is CSc1nc2ccccc2n1Cc1ccccn1. The first-order valence-electron chi connectivity index (χ1n) is 5.77. The number of fused-ring (bicyclic) bond motifs is 1. The fraction of sp³-hybridized carbons (Fsp3) is 0.143. The van der Waals surface area contributed by atoms with E-state index in [0.717, 1.165) is 28.4 Å². The van der Waals surface area contributed by atoms with Crippen molar-refractivity contribution >= 4 is 22.8 Å². The summed E-state index contributed by atoms with van der Waals surface area (Å²) in [6.07, 6.45) is 3.88. The Balaban J connectivity index is 2.10. The van der Waals surface area contributed by atoms with E-state index in [0.29, 0.717) is 0 Å². The lowest BCUT2D eigenvalue weighted by Crippen LogP contribution is -2.02. The lowest BCUT2D eigenvalue weighted by atomic mass is 10.3. The molecule has 3 rings (SSSR count). The van der Waals surface area contributed by atoms with Crippen molar-refractivity contribution in [3.05, 3.63) is 54.4 Å². The third-order valence-corrected chi connectivity index (χ3v) is 3.53. The first-order chi connectivity index (χ1) is 8.88. The van der Waals surface area contributed by atoms with E-state index in [4.69, 9.17) is 0 Å². The van der Waals surface area contributed by atoms with Gasteiger partial charge in [-0.15, -0.1) is 0 Å². The minimum absolute atomic E-state index is 0.761. The van der Waals surface area contributed by atoms with Gasteiger partial charge in [0, 0.05) is 6.20 Å². The second kappa shape index (κ2) is 4.82. The van der Waals surface area contributed by atoms with E-state index < -0.39 is 0 Å². The lowest BCUT2D eigenvalue weighted by molar-refractivity contribution is 0.715. The molecule has 2 heterocycles. The molecule has 1 aromatic carbocycles. The molecule has 2 aromatic heterocycles. The second-order valence-electron chi connectivity index (χ2n) is 3.99. The highest BCUT2D eigenvalue weighted by Gasteiger charge is 2.09. The highest BCUT2D eigenvalue weighted by Crippen LogP contribution is 2.22. The van der Waals surface area contributed by atoms with Crippen LogP contribution in [0.4, 0.5) is 0 Å². The van der Waals surface area contributed by atoms with Crippen molar-refractivity contribution in [2.45, 2.75) is 11.7 Å². The van der Waals surface area contributed by atoms with Crippen LogP contribution in [0, 0.1) is 0 Å². The van der Waals surface area contributed by atoms with Crippen LogP contribution in [0.2, 0.25) is 0 Å². The number of pyridine rings is 1. The number of nitrogens with zero attached hydrogens (tertiary/aromatic N) is 3. The van der Waals surface area contributed by atoms with Crippen LogP contribution >= 0.6 is 11.8 Å². The van der Waals surface area contributed by atoms with Gasteiger partial charge in [0.25, 0.3) is 0 Å². The van der Waals surface area contributed by atoms with Crippen LogP contribution < -0.4 is 0 Å². The molecule has 0 unspecified atom stereocenters. The topological polar surface area (TPSA) is 30.7 Å². The van der Waals surface area contributed by atoms with E-state index in [1.807, 2.05) is 42.6 Å². The highest BCUT2D eigenvalue weighted by atomic mass is 32.2. The highest BCUT2D eigenvalue weighted by molar-refractivity contribution is 7.98. The number of hydrogen-bond donors (Lipinski definition) is 0. The fourth-order valence-electron chi connectivity index (χ4n) is 2.02. The molecule has 0 saturated heterocycles. The van der Waals surface area contributed by atoms with E-state index in [1.165, 1.54) is 0 Å². The van der Waals surface area contributed by atoms with Gasteiger partial charge in [-0.05, 0) is 30.5 Å². The van der Waals surface area contributed by atoms with Gasteiger partial charge in [0.2, 0.25) is 0 Å². The van der Waals surface area contributed by atoms with Crippen LogP contribution in [0.3, 0.4) is 0 Å². The fourth-order valence-corrected chi connectivity index (χ4v) is 2.59. The minimum Gasteiger partial charge on any atom is -0.313 e. The molecule has 3 nitrogen and oxygen atoms in total. The zero-order valence-corrected chi connectivity index (χ0v) is 10.9. The van der Waals surface area contributed by atoms with Crippen LogP contribution in [0.25, 0.3) is 11.0 Å². The van der Waals surface area contributed by atoms with Crippen molar-refractivity contribution < 1.29 is 0 Å². The van der Waals surface area contributed by atoms with E-state index >= 15 is 0 Å². The van der Waals surface area contributed by atoms with Gasteiger partial charge >= 0.3 is 0 Å². The quantitative estimate of drug-likeness (QED) is 0.673. The number of hydrogen-bond acceptors (Lipinski definition) is 3. The van der Waals surface area contributed by atoms with Crippen LogP contribution in [-0.4, -0.2) is 20.8 Å². The predicted molar refractivity (Wildman–Crippen MR) is 74.9 cm³/mol. The zero-order valence-electron chi connectivity index (χ0n) is 10.1. The van der Waals surface area contributed by atoms with Crippen LogP contribution in [0.1, 0.15) is 5.69 Å². The van der Waals surface area contributed by atoms with E-state index in [2.05, 4.69) is 26.9 Å². The summed E-state index contributed by atoms with van der Waals surface area (Å²) in [4.78, 5) is 9.00. The van der Waals surface area contributed by atoms with Gasteiger partial charge in [-0.25, -0.2) is 4.98 Å². The molecule has 3 aromatic rings. The Morgan fingerprint density at radius 1 is 1.11 bits per heavy atom. The summed E-state index contributed by atoms with van der Waals surface area (Å²) < 4.78 is 2.21. The second-order valence-corrected chi connectivity index (χ2v) is 4.77. The van der Waals surface area contributed by atoms with Crippen LogP contribution in [0.5, 0.6) is 0 Å². The van der Waals surface area contributed by atoms with Gasteiger partial charge in [0.15, 0.2) is 5.16 Å². The van der Waals surface area contributed by atoms with Gasteiger partial charge in [0.1, 0.15) is 0 Å². The maximum atomic E-state index is 4.63. The predicted octanol–water partition coefficient (Wildman–Crippen LogP) is 3.20. The Labute approximate surface area is 110 Å². The Kier molecular flexibility index (Phi) is 3.02. The zero-order chi connectivity index (χ0) is 12.4. The van der Waals surface area contributed by atoms with E-state index in [9.17, 15) is 0 Å². The summed E-state index contributed by atoms with van der Waals surface area (Å²) in [6, 6.07) is 14.2. The summed E-state index contributed by atoms with van der Waals surface area (Å²) in [7, 11) is 0. The van der Waals surface area contributed by atoms with E-state index in [1.54, 1.807) is 11.8 Å². The van der Waals surface area contributed by atoms with Crippen molar-refractivity contribution in [2.75, 3.05) is 6.26 Å². The Morgan fingerprint density at radius 2 is 1.94 bits per heavy atom. The Hall–Kier alpha value is -1.81. The lowest BCUT2D eigenvalue weighted by Gasteiger charge is -2.06. The molecule has 0 radical (unpaired) electrons. The summed E-state index contributed by atoms with van der Waals surface area (Å²) >= 11 is 1.66. The number of benzene rings is 1. The molecular formula is C14H13N3S. The molecule has 0 N–H and O–H groups in total. The van der Waals surface area contributed by atoms with Crippen molar-refractivity contribution in [3.8, 4) is 0 Å². The van der Waals surface area contributed by atoms with Crippen molar-refractivity contribution in [2.24, 2.45) is 0 Å². The number of para-hydroxylation sites is 2. The first-order valence-corrected chi connectivity index (χ1v) is 7.00. The molecule has 0 fully saturated rings. The first kappa shape index (κ1) is 11.3. The summed E-state index contributed by atoms with van der Waals surface area (Å²) in [5.41, 5.74) is 3.25. The van der Waals surface area contributed by atoms with Gasteiger partial charge in [0.05, 0.1) is 23.3 Å².